The first-order chi connectivity index (χ1) is 4.47. The van der Waals surface area contributed by atoms with Crippen molar-refractivity contribution in [3.8, 4) is 0 Å². The Hall–Kier alpha value is -0.820. The number of hydrogen-bond acceptors (Lipinski definition) is 1. The average molecular weight is 133 g/mol. The molecule has 9 heavy (non-hydrogen) atoms. The zero-order valence-electron chi connectivity index (χ0n) is 4.79. The summed E-state index contributed by atoms with van der Waals surface area (Å²) in [5, 5.41) is 4.37. The Morgan fingerprint density at radius 2 is 2.11 bits per heavy atom. The smallest absolute Gasteiger partial charge is 0.0751 e. The van der Waals surface area contributed by atoms with Crippen molar-refractivity contribution in [3.63, 3.8) is 0 Å². The van der Waals surface area contributed by atoms with Gasteiger partial charge in [0.2, 0.25) is 0 Å². The lowest BCUT2D eigenvalue weighted by Gasteiger charge is -1.92. The van der Waals surface area contributed by atoms with Crippen LogP contribution < -0.4 is 0 Å². The number of fused-ring (bicyclic) bond motifs is 1. The van der Waals surface area contributed by atoms with Crippen LogP contribution in [0.5, 0.6) is 0 Å². The third-order valence-corrected chi connectivity index (χ3v) is 2.13. The van der Waals surface area contributed by atoms with Crippen LogP contribution >= 0.6 is 11.3 Å². The normalized spacial score (nSPS) is 10.2. The third kappa shape index (κ3) is 0.736. The second kappa shape index (κ2) is 1.85. The van der Waals surface area contributed by atoms with Gasteiger partial charge in [0.25, 0.3) is 0 Å². The Morgan fingerprint density at radius 1 is 1.22 bits per heavy atom. The summed E-state index contributed by atoms with van der Waals surface area (Å²) in [7, 11) is 0. The van der Waals surface area contributed by atoms with Crippen molar-refractivity contribution in [1.29, 1.82) is 0 Å². The highest BCUT2D eigenvalue weighted by Crippen LogP contribution is 2.18. The zero-order chi connectivity index (χ0) is 6.10. The first kappa shape index (κ1) is 5.00. The number of benzene rings is 1. The molecule has 0 spiro atoms. The molecule has 0 N–H and O–H groups in total. The first-order valence-corrected chi connectivity index (χ1v) is 3.63. The lowest BCUT2D eigenvalue weighted by Crippen LogP contribution is -1.56. The second-order valence-corrected chi connectivity index (χ2v) is 2.78. The molecule has 0 fully saturated rings. The van der Waals surface area contributed by atoms with Crippen molar-refractivity contribution >= 4 is 21.4 Å². The fourth-order valence-electron chi connectivity index (χ4n) is 0.849. The van der Waals surface area contributed by atoms with Crippen molar-refractivity contribution in [3.05, 3.63) is 35.7 Å². The maximum atomic E-state index is 3.08. The Bertz CT molecular complexity index is 279. The molecule has 1 heterocycles. The molecule has 0 aliphatic carbocycles. The van der Waals surface area contributed by atoms with E-state index in [-0.39, 0.29) is 0 Å². The van der Waals surface area contributed by atoms with E-state index in [0.717, 1.165) is 0 Å². The molecule has 0 amide bonds. The molecule has 0 atom stereocenters. The van der Waals surface area contributed by atoms with E-state index in [4.69, 9.17) is 0 Å². The third-order valence-electron chi connectivity index (χ3n) is 1.30. The van der Waals surface area contributed by atoms with Crippen LogP contribution in [0, 0.1) is 5.38 Å². The standard InChI is InChI=1S/C8H5S/c1-2-4-8-7(3-1)5-6-9-8/h1-5H/q-1. The highest BCUT2D eigenvalue weighted by atomic mass is 32.1. The molecule has 0 aliphatic heterocycles. The summed E-state index contributed by atoms with van der Waals surface area (Å²) in [6.45, 7) is 0. The summed E-state index contributed by atoms with van der Waals surface area (Å²) in [5.41, 5.74) is 0. The van der Waals surface area contributed by atoms with Crippen LogP contribution in [0.15, 0.2) is 30.3 Å². The minimum atomic E-state index is 1.29. The minimum absolute atomic E-state index is 1.29. The molecule has 1 heteroatoms. The van der Waals surface area contributed by atoms with E-state index < -0.39 is 0 Å². The molecule has 0 bridgehead atoms. The quantitative estimate of drug-likeness (QED) is 0.485. The maximum absolute atomic E-state index is 3.08. The molecular formula is C8H5S-. The van der Waals surface area contributed by atoms with Gasteiger partial charge in [-0.3, -0.25) is 11.3 Å². The van der Waals surface area contributed by atoms with Gasteiger partial charge in [0.1, 0.15) is 0 Å². The fourth-order valence-corrected chi connectivity index (χ4v) is 1.55. The van der Waals surface area contributed by atoms with E-state index in [2.05, 4.69) is 17.5 Å². The van der Waals surface area contributed by atoms with Gasteiger partial charge in [-0.1, -0.05) is 12.1 Å². The van der Waals surface area contributed by atoms with Crippen LogP contribution in [-0.2, 0) is 0 Å². The summed E-state index contributed by atoms with van der Waals surface area (Å²) in [5.74, 6) is 0. The summed E-state index contributed by atoms with van der Waals surface area (Å²) in [4.78, 5) is 0. The van der Waals surface area contributed by atoms with Crippen LogP contribution in [0.4, 0.5) is 0 Å². The van der Waals surface area contributed by atoms with Crippen molar-refractivity contribution in [2.75, 3.05) is 0 Å². The van der Waals surface area contributed by atoms with E-state index >= 15 is 0 Å². The topological polar surface area (TPSA) is 0 Å². The Labute approximate surface area is 57.8 Å². The average Bonchev–Trinajstić information content (AvgIpc) is 2.33. The van der Waals surface area contributed by atoms with Gasteiger partial charge in [0.05, 0.1) is 0 Å². The summed E-state index contributed by atoms with van der Waals surface area (Å²) >= 11 is 1.66. The predicted octanol–water partition coefficient (Wildman–Crippen LogP) is 2.70. The van der Waals surface area contributed by atoms with Gasteiger partial charge < -0.3 is 0 Å². The SMILES string of the molecule is [c-]1cc2ccccc2s1. The molecule has 0 aliphatic rings. The van der Waals surface area contributed by atoms with Crippen molar-refractivity contribution in [2.45, 2.75) is 0 Å². The summed E-state index contributed by atoms with van der Waals surface area (Å²) in [6.07, 6.45) is 0. The molecular weight excluding hydrogens is 128 g/mol. The Balaban J connectivity index is 2.95. The summed E-state index contributed by atoms with van der Waals surface area (Å²) < 4.78 is 1.32. The molecule has 0 radical (unpaired) electrons. The van der Waals surface area contributed by atoms with Crippen LogP contribution in [0.25, 0.3) is 10.1 Å². The number of hydrogen-bond donors (Lipinski definition) is 0. The van der Waals surface area contributed by atoms with Gasteiger partial charge >= 0.3 is 0 Å². The summed E-state index contributed by atoms with van der Waals surface area (Å²) in [6, 6.07) is 10.3. The van der Waals surface area contributed by atoms with Gasteiger partial charge in [-0.2, -0.15) is 11.5 Å². The molecule has 2 rings (SSSR count). The van der Waals surface area contributed by atoms with Gasteiger partial charge in [0, 0.05) is 0 Å². The Morgan fingerprint density at radius 3 is 3.00 bits per heavy atom. The van der Waals surface area contributed by atoms with E-state index in [1.165, 1.54) is 10.1 Å². The number of rotatable bonds is 0. The largest absolute Gasteiger partial charge is 0.296 e. The first-order valence-electron chi connectivity index (χ1n) is 2.81. The molecule has 0 unspecified atom stereocenters. The molecule has 2 aromatic rings. The van der Waals surface area contributed by atoms with Crippen molar-refractivity contribution in [2.24, 2.45) is 0 Å². The maximum Gasteiger partial charge on any atom is -0.0751 e. The fraction of sp³-hybridized carbons (Fsp3) is 0. The molecule has 0 saturated heterocycles. The monoisotopic (exact) mass is 133 g/mol. The Kier molecular flexibility index (Phi) is 1.03. The van der Waals surface area contributed by atoms with Crippen molar-refractivity contribution < 1.29 is 0 Å². The predicted molar refractivity (Wildman–Crippen MR) is 40.7 cm³/mol. The lowest BCUT2D eigenvalue weighted by molar-refractivity contribution is 1.85. The van der Waals surface area contributed by atoms with Gasteiger partial charge in [-0.15, -0.1) is 22.2 Å². The lowest BCUT2D eigenvalue weighted by atomic mass is 10.3. The van der Waals surface area contributed by atoms with Crippen LogP contribution in [0.2, 0.25) is 0 Å². The van der Waals surface area contributed by atoms with E-state index in [0.29, 0.717) is 0 Å². The van der Waals surface area contributed by atoms with Gasteiger partial charge in [-0.05, 0) is 0 Å². The van der Waals surface area contributed by atoms with Crippen LogP contribution in [0.3, 0.4) is 0 Å². The highest BCUT2D eigenvalue weighted by molar-refractivity contribution is 7.16. The minimum Gasteiger partial charge on any atom is -0.296 e. The van der Waals surface area contributed by atoms with E-state index in [1.54, 1.807) is 11.3 Å². The molecule has 1 aromatic carbocycles. The molecule has 1 aromatic heterocycles. The van der Waals surface area contributed by atoms with Crippen LogP contribution in [0.1, 0.15) is 0 Å². The molecule has 44 valence electrons. The van der Waals surface area contributed by atoms with Crippen molar-refractivity contribution in [1.82, 2.24) is 0 Å². The van der Waals surface area contributed by atoms with Crippen LogP contribution in [-0.4, -0.2) is 0 Å². The molecule has 0 saturated carbocycles. The highest BCUT2D eigenvalue weighted by Gasteiger charge is 1.76. The van der Waals surface area contributed by atoms with Gasteiger partial charge in [-0.25, -0.2) is 0 Å². The van der Waals surface area contributed by atoms with Gasteiger partial charge in [0.15, 0.2) is 0 Å². The number of thiophene rings is 1. The van der Waals surface area contributed by atoms with E-state index in [9.17, 15) is 0 Å². The molecule has 0 nitrogen and oxygen atoms in total. The van der Waals surface area contributed by atoms with E-state index in [1.807, 2.05) is 18.2 Å². The zero-order valence-corrected chi connectivity index (χ0v) is 5.61. The second-order valence-electron chi connectivity index (χ2n) is 1.90.